The molecule has 0 aromatic carbocycles. The minimum Gasteiger partial charge on any atom is -0.395 e. The molecule has 4 nitrogen and oxygen atoms in total. The van der Waals surface area contributed by atoms with Crippen LogP contribution < -0.4 is 5.32 Å². The molecule has 2 aliphatic rings. The van der Waals surface area contributed by atoms with Gasteiger partial charge in [0.15, 0.2) is 0 Å². The van der Waals surface area contributed by atoms with Crippen LogP contribution in [0.4, 0.5) is 0 Å². The van der Waals surface area contributed by atoms with Gasteiger partial charge in [0.05, 0.1) is 6.61 Å². The van der Waals surface area contributed by atoms with Gasteiger partial charge in [0.2, 0.25) is 0 Å². The van der Waals surface area contributed by atoms with Crippen molar-refractivity contribution in [2.24, 2.45) is 0 Å². The average Bonchev–Trinajstić information content (AvgIpc) is 2.70. The maximum atomic E-state index is 9.35. The van der Waals surface area contributed by atoms with Gasteiger partial charge >= 0.3 is 0 Å². The molecular weight excluding hydrogens is 178 g/mol. The molecule has 0 radical (unpaired) electrons. The summed E-state index contributed by atoms with van der Waals surface area (Å²) in [5, 5.41) is 12.7. The van der Waals surface area contributed by atoms with Crippen LogP contribution in [0.2, 0.25) is 0 Å². The molecule has 0 spiro atoms. The summed E-state index contributed by atoms with van der Waals surface area (Å²) in [4.78, 5) is 4.79. The number of nitrogens with one attached hydrogen (secondary N) is 1. The van der Waals surface area contributed by atoms with E-state index in [2.05, 4.69) is 22.2 Å². The summed E-state index contributed by atoms with van der Waals surface area (Å²) in [5.41, 5.74) is 0. The lowest BCUT2D eigenvalue weighted by Crippen LogP contribution is -2.57. The zero-order chi connectivity index (χ0) is 9.97. The van der Waals surface area contributed by atoms with Crippen LogP contribution in [0.1, 0.15) is 6.42 Å². The molecule has 14 heavy (non-hydrogen) atoms. The summed E-state index contributed by atoms with van der Waals surface area (Å²) >= 11 is 0. The molecular formula is C10H21N3O. The molecule has 4 heteroatoms. The van der Waals surface area contributed by atoms with E-state index >= 15 is 0 Å². The highest BCUT2D eigenvalue weighted by atomic mass is 16.3. The van der Waals surface area contributed by atoms with Crippen molar-refractivity contribution in [1.29, 1.82) is 0 Å². The average molecular weight is 199 g/mol. The quantitative estimate of drug-likeness (QED) is 0.596. The van der Waals surface area contributed by atoms with Crippen molar-refractivity contribution in [1.82, 2.24) is 15.1 Å². The first kappa shape index (κ1) is 10.4. The third kappa shape index (κ3) is 2.08. The number of nitrogens with zero attached hydrogens (tertiary/aromatic N) is 2. The standard InChI is InChI=1S/C10H21N3O/c1-12-4-5-13(10(7-12)8-14)9-2-3-11-6-9/h9-11,14H,2-8H2,1H3. The van der Waals surface area contributed by atoms with Gasteiger partial charge in [0, 0.05) is 38.3 Å². The van der Waals surface area contributed by atoms with Crippen LogP contribution in [-0.4, -0.2) is 73.4 Å². The highest BCUT2D eigenvalue weighted by Crippen LogP contribution is 2.16. The SMILES string of the molecule is CN1CCN(C2CCNC2)C(CO)C1. The van der Waals surface area contributed by atoms with E-state index in [0.29, 0.717) is 18.7 Å². The summed E-state index contributed by atoms with van der Waals surface area (Å²) in [6, 6.07) is 1.000. The summed E-state index contributed by atoms with van der Waals surface area (Å²) < 4.78 is 0. The summed E-state index contributed by atoms with van der Waals surface area (Å²) in [6.07, 6.45) is 1.24. The lowest BCUT2D eigenvalue weighted by Gasteiger charge is -2.42. The molecule has 2 saturated heterocycles. The predicted octanol–water partition coefficient (Wildman–Crippen LogP) is -1.04. The third-order valence-electron chi connectivity index (χ3n) is 3.45. The van der Waals surface area contributed by atoms with E-state index in [-0.39, 0.29) is 0 Å². The van der Waals surface area contributed by atoms with Crippen molar-refractivity contribution in [3.8, 4) is 0 Å². The molecule has 82 valence electrons. The summed E-state index contributed by atoms with van der Waals surface area (Å²) in [7, 11) is 2.13. The van der Waals surface area contributed by atoms with E-state index in [0.717, 1.165) is 32.7 Å². The smallest absolute Gasteiger partial charge is 0.0599 e. The number of aliphatic hydroxyl groups excluding tert-OH is 1. The van der Waals surface area contributed by atoms with Crippen LogP contribution in [0.3, 0.4) is 0 Å². The van der Waals surface area contributed by atoms with Crippen LogP contribution in [0.5, 0.6) is 0 Å². The molecule has 2 rings (SSSR count). The number of likely N-dealkylation sites (N-methyl/N-ethyl adjacent to an activating group) is 1. The Hall–Kier alpha value is -0.160. The summed E-state index contributed by atoms with van der Waals surface area (Å²) in [6.45, 7) is 5.77. The zero-order valence-corrected chi connectivity index (χ0v) is 8.95. The van der Waals surface area contributed by atoms with Crippen molar-refractivity contribution in [3.63, 3.8) is 0 Å². The number of hydrogen-bond donors (Lipinski definition) is 2. The van der Waals surface area contributed by atoms with Gasteiger partial charge in [-0.2, -0.15) is 0 Å². The Labute approximate surface area is 85.9 Å². The molecule has 0 amide bonds. The van der Waals surface area contributed by atoms with Crippen molar-refractivity contribution in [2.75, 3.05) is 46.4 Å². The molecule has 2 unspecified atom stereocenters. The number of hydrogen-bond acceptors (Lipinski definition) is 4. The number of piperazine rings is 1. The third-order valence-corrected chi connectivity index (χ3v) is 3.45. The first-order valence-corrected chi connectivity index (χ1v) is 5.57. The Balaban J connectivity index is 1.94. The van der Waals surface area contributed by atoms with Gasteiger partial charge in [-0.05, 0) is 20.0 Å². The molecule has 0 aliphatic carbocycles. The van der Waals surface area contributed by atoms with Crippen LogP contribution in [0, 0.1) is 0 Å². The molecule has 0 saturated carbocycles. The van der Waals surface area contributed by atoms with E-state index in [4.69, 9.17) is 0 Å². The van der Waals surface area contributed by atoms with Gasteiger partial charge < -0.3 is 15.3 Å². The largest absolute Gasteiger partial charge is 0.395 e. The first-order valence-electron chi connectivity index (χ1n) is 5.57. The second-order valence-electron chi connectivity index (χ2n) is 4.48. The number of aliphatic hydroxyl groups is 1. The Bertz CT molecular complexity index is 182. The Morgan fingerprint density at radius 3 is 2.93 bits per heavy atom. The molecule has 0 bridgehead atoms. The van der Waals surface area contributed by atoms with Crippen LogP contribution in [-0.2, 0) is 0 Å². The lowest BCUT2D eigenvalue weighted by molar-refractivity contribution is 0.0262. The van der Waals surface area contributed by atoms with E-state index in [1.54, 1.807) is 0 Å². The second-order valence-corrected chi connectivity index (χ2v) is 4.48. The topological polar surface area (TPSA) is 38.7 Å². The normalized spacial score (nSPS) is 36.4. The van der Waals surface area contributed by atoms with Gasteiger partial charge in [-0.15, -0.1) is 0 Å². The fourth-order valence-corrected chi connectivity index (χ4v) is 2.59. The Kier molecular flexibility index (Phi) is 3.38. The molecule has 2 N–H and O–H groups in total. The highest BCUT2D eigenvalue weighted by Gasteiger charge is 2.31. The van der Waals surface area contributed by atoms with Crippen molar-refractivity contribution >= 4 is 0 Å². The monoisotopic (exact) mass is 199 g/mol. The van der Waals surface area contributed by atoms with Crippen LogP contribution >= 0.6 is 0 Å². The fraction of sp³-hybridized carbons (Fsp3) is 1.00. The minimum atomic E-state index is 0.292. The van der Waals surface area contributed by atoms with Gasteiger partial charge in [0.25, 0.3) is 0 Å². The zero-order valence-electron chi connectivity index (χ0n) is 8.95. The van der Waals surface area contributed by atoms with E-state index in [9.17, 15) is 5.11 Å². The Morgan fingerprint density at radius 1 is 1.43 bits per heavy atom. The van der Waals surface area contributed by atoms with Crippen LogP contribution in [0.25, 0.3) is 0 Å². The number of rotatable bonds is 2. The van der Waals surface area contributed by atoms with Crippen molar-refractivity contribution in [2.45, 2.75) is 18.5 Å². The van der Waals surface area contributed by atoms with Gasteiger partial charge in [0.1, 0.15) is 0 Å². The predicted molar refractivity (Wildman–Crippen MR) is 56.4 cm³/mol. The van der Waals surface area contributed by atoms with E-state index < -0.39 is 0 Å². The first-order chi connectivity index (χ1) is 6.81. The molecule has 2 atom stereocenters. The lowest BCUT2D eigenvalue weighted by atomic mass is 10.1. The van der Waals surface area contributed by atoms with Crippen molar-refractivity contribution < 1.29 is 5.11 Å². The maximum Gasteiger partial charge on any atom is 0.0599 e. The fourth-order valence-electron chi connectivity index (χ4n) is 2.59. The molecule has 0 aromatic rings. The minimum absolute atomic E-state index is 0.292. The van der Waals surface area contributed by atoms with Gasteiger partial charge in [-0.25, -0.2) is 0 Å². The Morgan fingerprint density at radius 2 is 2.29 bits per heavy atom. The molecule has 2 heterocycles. The second kappa shape index (κ2) is 4.57. The van der Waals surface area contributed by atoms with E-state index in [1.165, 1.54) is 6.42 Å². The maximum absolute atomic E-state index is 9.35. The van der Waals surface area contributed by atoms with Crippen LogP contribution in [0.15, 0.2) is 0 Å². The summed E-state index contributed by atoms with van der Waals surface area (Å²) in [5.74, 6) is 0. The highest BCUT2D eigenvalue weighted by molar-refractivity contribution is 4.89. The molecule has 0 aromatic heterocycles. The van der Waals surface area contributed by atoms with E-state index in [1.807, 2.05) is 0 Å². The molecule has 2 fully saturated rings. The van der Waals surface area contributed by atoms with Crippen molar-refractivity contribution in [3.05, 3.63) is 0 Å². The van der Waals surface area contributed by atoms with Gasteiger partial charge in [-0.3, -0.25) is 4.90 Å². The van der Waals surface area contributed by atoms with Gasteiger partial charge in [-0.1, -0.05) is 0 Å². The molecule has 2 aliphatic heterocycles.